The average Bonchev–Trinajstić information content (AvgIpc) is 2.88. The third-order valence-electron chi connectivity index (χ3n) is 3.21. The largest absolute Gasteiger partial charge is 0.384 e. The monoisotopic (exact) mass is 297 g/mol. The zero-order valence-electron chi connectivity index (χ0n) is 10.9. The fourth-order valence-corrected chi connectivity index (χ4v) is 3.63. The summed E-state index contributed by atoms with van der Waals surface area (Å²) >= 11 is 0. The molecular weight excluding hydrogens is 281 g/mol. The van der Waals surface area contributed by atoms with Gasteiger partial charge in [0, 0.05) is 11.6 Å². The molecule has 108 valence electrons. The van der Waals surface area contributed by atoms with Crippen molar-refractivity contribution < 1.29 is 17.9 Å². The van der Waals surface area contributed by atoms with Crippen molar-refractivity contribution >= 4 is 10.0 Å². The molecule has 0 aliphatic heterocycles. The van der Waals surface area contributed by atoms with Crippen molar-refractivity contribution in [3.8, 4) is 11.8 Å². The first kappa shape index (κ1) is 15.0. The summed E-state index contributed by atoms with van der Waals surface area (Å²) in [6.07, 6.45) is 3.57. The van der Waals surface area contributed by atoms with E-state index in [1.807, 2.05) is 0 Å². The summed E-state index contributed by atoms with van der Waals surface area (Å²) in [7, 11) is -3.83. The number of rotatable bonds is 3. The van der Waals surface area contributed by atoms with Gasteiger partial charge in [-0.1, -0.05) is 24.7 Å². The van der Waals surface area contributed by atoms with Crippen molar-refractivity contribution in [1.29, 1.82) is 0 Å². The van der Waals surface area contributed by atoms with Crippen LogP contribution >= 0.6 is 0 Å². The first-order valence-corrected chi connectivity index (χ1v) is 7.93. The van der Waals surface area contributed by atoms with Crippen LogP contribution in [0, 0.1) is 17.7 Å². The van der Waals surface area contributed by atoms with Gasteiger partial charge < -0.3 is 5.11 Å². The number of hydrogen-bond donors (Lipinski definition) is 2. The number of nitrogens with one attached hydrogen (secondary N) is 1. The Kier molecular flexibility index (Phi) is 4.76. The third kappa shape index (κ3) is 3.57. The Hall–Kier alpha value is -1.42. The van der Waals surface area contributed by atoms with E-state index >= 15 is 0 Å². The molecule has 0 spiro atoms. The molecule has 1 saturated carbocycles. The molecule has 2 rings (SSSR count). The van der Waals surface area contributed by atoms with Gasteiger partial charge in [-0.25, -0.2) is 17.5 Å². The number of aliphatic hydroxyl groups is 1. The quantitative estimate of drug-likeness (QED) is 0.829. The molecule has 1 fully saturated rings. The van der Waals surface area contributed by atoms with Crippen LogP contribution in [0.15, 0.2) is 23.1 Å². The molecule has 6 heteroatoms. The molecule has 1 aliphatic carbocycles. The van der Waals surface area contributed by atoms with Crippen molar-refractivity contribution in [1.82, 2.24) is 4.72 Å². The van der Waals surface area contributed by atoms with Crippen LogP contribution < -0.4 is 4.72 Å². The molecular formula is C14H16FNO3S. The Morgan fingerprint density at radius 2 is 2.05 bits per heavy atom. The van der Waals surface area contributed by atoms with E-state index < -0.39 is 15.8 Å². The SMILES string of the molecule is O=S(=O)(NC1CCCC1)c1ccc(C#CCO)cc1F. The lowest BCUT2D eigenvalue weighted by atomic mass is 10.2. The van der Waals surface area contributed by atoms with Crippen LogP contribution in [0.1, 0.15) is 31.2 Å². The Bertz CT molecular complexity index is 640. The summed E-state index contributed by atoms with van der Waals surface area (Å²) in [4.78, 5) is -0.362. The lowest BCUT2D eigenvalue weighted by molar-refractivity contribution is 0.350. The molecule has 0 aromatic heterocycles. The molecule has 0 bridgehead atoms. The van der Waals surface area contributed by atoms with Crippen LogP contribution in [0.5, 0.6) is 0 Å². The molecule has 2 N–H and O–H groups in total. The van der Waals surface area contributed by atoms with Crippen LogP contribution in [-0.2, 0) is 10.0 Å². The molecule has 1 aliphatic rings. The normalized spacial score (nSPS) is 15.9. The number of hydrogen-bond acceptors (Lipinski definition) is 3. The summed E-state index contributed by atoms with van der Waals surface area (Å²) in [6.45, 7) is -0.328. The molecule has 0 unspecified atom stereocenters. The second-order valence-corrected chi connectivity index (χ2v) is 6.39. The summed E-state index contributed by atoms with van der Waals surface area (Å²) in [5.74, 6) is 4.08. The second kappa shape index (κ2) is 6.35. The van der Waals surface area contributed by atoms with Gasteiger partial charge in [0.2, 0.25) is 10.0 Å². The summed E-state index contributed by atoms with van der Waals surface area (Å²) in [6, 6.07) is 3.59. The minimum atomic E-state index is -3.83. The van der Waals surface area contributed by atoms with Gasteiger partial charge >= 0.3 is 0 Å². The van der Waals surface area contributed by atoms with Crippen molar-refractivity contribution in [2.75, 3.05) is 6.61 Å². The van der Waals surface area contributed by atoms with Gasteiger partial charge in [0.25, 0.3) is 0 Å². The second-order valence-electron chi connectivity index (χ2n) is 4.71. The predicted octanol–water partition coefficient (Wildman–Crippen LogP) is 1.39. The van der Waals surface area contributed by atoms with Gasteiger partial charge in [0.05, 0.1) is 0 Å². The summed E-state index contributed by atoms with van der Waals surface area (Å²) in [5, 5.41) is 8.57. The zero-order valence-corrected chi connectivity index (χ0v) is 11.7. The van der Waals surface area contributed by atoms with Crippen molar-refractivity contribution in [3.63, 3.8) is 0 Å². The van der Waals surface area contributed by atoms with Crippen LogP contribution in [0.3, 0.4) is 0 Å². The Morgan fingerprint density at radius 3 is 2.65 bits per heavy atom. The zero-order chi connectivity index (χ0) is 14.6. The smallest absolute Gasteiger partial charge is 0.243 e. The van der Waals surface area contributed by atoms with Gasteiger partial charge in [-0.05, 0) is 31.0 Å². The van der Waals surface area contributed by atoms with Gasteiger partial charge in [-0.3, -0.25) is 0 Å². The number of benzene rings is 1. The first-order chi connectivity index (χ1) is 9.53. The van der Waals surface area contributed by atoms with E-state index in [-0.39, 0.29) is 17.5 Å². The highest BCUT2D eigenvalue weighted by atomic mass is 32.2. The molecule has 4 nitrogen and oxygen atoms in total. The third-order valence-corrected chi connectivity index (χ3v) is 4.76. The van der Waals surface area contributed by atoms with E-state index in [4.69, 9.17) is 5.11 Å². The van der Waals surface area contributed by atoms with E-state index in [0.717, 1.165) is 31.7 Å². The Morgan fingerprint density at radius 1 is 1.35 bits per heavy atom. The Balaban J connectivity index is 2.23. The first-order valence-electron chi connectivity index (χ1n) is 6.44. The minimum absolute atomic E-state index is 0.103. The summed E-state index contributed by atoms with van der Waals surface area (Å²) in [5.41, 5.74) is 0.330. The standard InChI is InChI=1S/C14H16FNO3S/c15-13-10-11(4-3-9-17)7-8-14(13)20(18,19)16-12-5-1-2-6-12/h7-8,10,12,16-17H,1-2,5-6,9H2. The van der Waals surface area contributed by atoms with E-state index in [1.54, 1.807) is 0 Å². The van der Waals surface area contributed by atoms with Crippen LogP contribution in [0.4, 0.5) is 4.39 Å². The molecule has 1 aromatic carbocycles. The van der Waals surface area contributed by atoms with Gasteiger partial charge in [-0.2, -0.15) is 0 Å². The van der Waals surface area contributed by atoms with Crippen molar-refractivity contribution in [3.05, 3.63) is 29.6 Å². The van der Waals surface area contributed by atoms with E-state index in [2.05, 4.69) is 16.6 Å². The fourth-order valence-electron chi connectivity index (χ4n) is 2.26. The van der Waals surface area contributed by atoms with Crippen LogP contribution in [0.2, 0.25) is 0 Å². The summed E-state index contributed by atoms with van der Waals surface area (Å²) < 4.78 is 40.6. The van der Waals surface area contributed by atoms with Gasteiger partial charge in [0.15, 0.2) is 0 Å². The maximum atomic E-state index is 13.9. The topological polar surface area (TPSA) is 66.4 Å². The minimum Gasteiger partial charge on any atom is -0.384 e. The maximum absolute atomic E-state index is 13.9. The van der Waals surface area contributed by atoms with Crippen LogP contribution in [0.25, 0.3) is 0 Å². The molecule has 0 radical (unpaired) electrons. The number of sulfonamides is 1. The lowest BCUT2D eigenvalue weighted by Gasteiger charge is -2.13. The van der Waals surface area contributed by atoms with E-state index in [9.17, 15) is 12.8 Å². The van der Waals surface area contributed by atoms with Crippen molar-refractivity contribution in [2.45, 2.75) is 36.6 Å². The molecule has 20 heavy (non-hydrogen) atoms. The highest BCUT2D eigenvalue weighted by Crippen LogP contribution is 2.22. The van der Waals surface area contributed by atoms with Gasteiger partial charge in [0.1, 0.15) is 17.3 Å². The predicted molar refractivity (Wildman–Crippen MR) is 72.9 cm³/mol. The average molecular weight is 297 g/mol. The Labute approximate surface area is 118 Å². The van der Waals surface area contributed by atoms with E-state index in [1.165, 1.54) is 12.1 Å². The fraction of sp³-hybridized carbons (Fsp3) is 0.429. The highest BCUT2D eigenvalue weighted by molar-refractivity contribution is 7.89. The molecule has 0 saturated heterocycles. The van der Waals surface area contributed by atoms with Crippen molar-refractivity contribution in [2.24, 2.45) is 0 Å². The van der Waals surface area contributed by atoms with Crippen LogP contribution in [-0.4, -0.2) is 26.2 Å². The molecule has 1 aromatic rings. The molecule has 0 atom stereocenters. The number of aliphatic hydroxyl groups excluding tert-OH is 1. The maximum Gasteiger partial charge on any atom is 0.243 e. The highest BCUT2D eigenvalue weighted by Gasteiger charge is 2.25. The molecule has 0 heterocycles. The lowest BCUT2D eigenvalue weighted by Crippen LogP contribution is -2.33. The van der Waals surface area contributed by atoms with E-state index in [0.29, 0.717) is 5.56 Å². The molecule has 0 amide bonds. The number of halogens is 1. The van der Waals surface area contributed by atoms with Gasteiger partial charge in [-0.15, -0.1) is 0 Å².